The Morgan fingerprint density at radius 1 is 0.840 bits per heavy atom. The van der Waals surface area contributed by atoms with Crippen LogP contribution >= 0.6 is 11.3 Å². The average Bonchev–Trinajstić information content (AvgIpc) is 3.11. The van der Waals surface area contributed by atoms with Crippen LogP contribution in [0.25, 0.3) is 11.3 Å². The fraction of sp³-hybridized carbons (Fsp3) is 0.591. The zero-order valence-electron chi connectivity index (χ0n) is 15.8. The fourth-order valence-corrected chi connectivity index (χ4v) is 3.97. The highest BCUT2D eigenvalue weighted by atomic mass is 32.1. The van der Waals surface area contributed by atoms with E-state index in [2.05, 4.69) is 36.6 Å². The molecule has 2 aromatic rings. The molecular weight excluding hydrogens is 324 g/mol. The van der Waals surface area contributed by atoms with E-state index in [0.29, 0.717) is 0 Å². The van der Waals surface area contributed by atoms with Gasteiger partial charge in [0.1, 0.15) is 0 Å². The minimum absolute atomic E-state index is 0.738. The van der Waals surface area contributed by atoms with Gasteiger partial charge >= 0.3 is 0 Å². The van der Waals surface area contributed by atoms with Crippen molar-refractivity contribution in [2.75, 3.05) is 6.54 Å². The molecule has 0 saturated carbocycles. The summed E-state index contributed by atoms with van der Waals surface area (Å²) in [5.41, 5.74) is 9.36. The molecule has 0 fully saturated rings. The van der Waals surface area contributed by atoms with Crippen molar-refractivity contribution in [1.82, 2.24) is 4.98 Å². The van der Waals surface area contributed by atoms with Crippen molar-refractivity contribution in [3.8, 4) is 11.3 Å². The van der Waals surface area contributed by atoms with E-state index < -0.39 is 0 Å². The molecule has 25 heavy (non-hydrogen) atoms. The predicted octanol–water partition coefficient (Wildman–Crippen LogP) is 6.38. The second-order valence-electron chi connectivity index (χ2n) is 6.94. The van der Waals surface area contributed by atoms with Crippen molar-refractivity contribution in [3.63, 3.8) is 0 Å². The van der Waals surface area contributed by atoms with Gasteiger partial charge in [-0.25, -0.2) is 4.98 Å². The SMILES string of the molecule is CCCCCCCCCCc1ccc(-c2csc(CCCN)n2)cc1. The summed E-state index contributed by atoms with van der Waals surface area (Å²) in [5.74, 6) is 0. The maximum atomic E-state index is 5.57. The summed E-state index contributed by atoms with van der Waals surface area (Å²) in [6.45, 7) is 3.02. The van der Waals surface area contributed by atoms with Crippen LogP contribution in [0.5, 0.6) is 0 Å². The van der Waals surface area contributed by atoms with Crippen LogP contribution in [-0.2, 0) is 12.8 Å². The predicted molar refractivity (Wildman–Crippen MR) is 111 cm³/mol. The van der Waals surface area contributed by atoms with E-state index in [1.54, 1.807) is 11.3 Å². The summed E-state index contributed by atoms with van der Waals surface area (Å²) in [4.78, 5) is 4.73. The average molecular weight is 359 g/mol. The Morgan fingerprint density at radius 3 is 2.20 bits per heavy atom. The van der Waals surface area contributed by atoms with E-state index in [0.717, 1.165) is 25.1 Å². The van der Waals surface area contributed by atoms with E-state index in [1.807, 2.05) is 0 Å². The molecule has 0 atom stereocenters. The molecule has 0 aliphatic rings. The quantitative estimate of drug-likeness (QED) is 0.422. The van der Waals surface area contributed by atoms with Crippen LogP contribution in [0.2, 0.25) is 0 Å². The number of aromatic nitrogens is 1. The largest absolute Gasteiger partial charge is 0.330 e. The lowest BCUT2D eigenvalue weighted by atomic mass is 10.0. The molecule has 1 aromatic heterocycles. The molecular formula is C22H34N2S. The van der Waals surface area contributed by atoms with Crippen LogP contribution in [0.1, 0.15) is 75.3 Å². The van der Waals surface area contributed by atoms with Crippen LogP contribution in [0.15, 0.2) is 29.6 Å². The van der Waals surface area contributed by atoms with Gasteiger partial charge < -0.3 is 5.73 Å². The van der Waals surface area contributed by atoms with E-state index >= 15 is 0 Å². The third-order valence-electron chi connectivity index (χ3n) is 4.72. The molecule has 0 aliphatic heterocycles. The molecule has 3 heteroatoms. The summed E-state index contributed by atoms with van der Waals surface area (Å²) < 4.78 is 0. The van der Waals surface area contributed by atoms with E-state index in [1.165, 1.54) is 73.9 Å². The lowest BCUT2D eigenvalue weighted by molar-refractivity contribution is 0.575. The van der Waals surface area contributed by atoms with Gasteiger partial charge in [-0.2, -0.15) is 0 Å². The third kappa shape index (κ3) is 7.70. The summed E-state index contributed by atoms with van der Waals surface area (Å²) >= 11 is 1.75. The summed E-state index contributed by atoms with van der Waals surface area (Å²) in [6, 6.07) is 8.99. The minimum atomic E-state index is 0.738. The molecule has 1 heterocycles. The Hall–Kier alpha value is -1.19. The van der Waals surface area contributed by atoms with Crippen molar-refractivity contribution in [3.05, 3.63) is 40.2 Å². The number of thiazole rings is 1. The van der Waals surface area contributed by atoms with Gasteiger partial charge in [0.25, 0.3) is 0 Å². The van der Waals surface area contributed by atoms with Gasteiger partial charge in [0.15, 0.2) is 0 Å². The molecule has 2 rings (SSSR count). The first-order valence-electron chi connectivity index (χ1n) is 10.1. The van der Waals surface area contributed by atoms with Crippen molar-refractivity contribution >= 4 is 11.3 Å². The molecule has 1 aromatic carbocycles. The Bertz CT molecular complexity index is 574. The molecule has 0 radical (unpaired) electrons. The molecule has 0 spiro atoms. The number of rotatable bonds is 13. The van der Waals surface area contributed by atoms with Gasteiger partial charge in [-0.3, -0.25) is 0 Å². The molecule has 138 valence electrons. The van der Waals surface area contributed by atoms with Crippen molar-refractivity contribution in [2.24, 2.45) is 5.73 Å². The lowest BCUT2D eigenvalue weighted by Gasteiger charge is -2.04. The van der Waals surface area contributed by atoms with E-state index in [-0.39, 0.29) is 0 Å². The van der Waals surface area contributed by atoms with Gasteiger partial charge in [-0.1, -0.05) is 76.1 Å². The van der Waals surface area contributed by atoms with Crippen LogP contribution in [-0.4, -0.2) is 11.5 Å². The number of hydrogen-bond donors (Lipinski definition) is 1. The smallest absolute Gasteiger partial charge is 0.0933 e. The topological polar surface area (TPSA) is 38.9 Å². The van der Waals surface area contributed by atoms with Crippen molar-refractivity contribution in [2.45, 2.75) is 77.6 Å². The van der Waals surface area contributed by atoms with Gasteiger partial charge in [0.2, 0.25) is 0 Å². The normalized spacial score (nSPS) is 11.1. The maximum Gasteiger partial charge on any atom is 0.0933 e. The second-order valence-corrected chi connectivity index (χ2v) is 7.88. The first-order chi connectivity index (χ1) is 12.3. The van der Waals surface area contributed by atoms with Crippen molar-refractivity contribution < 1.29 is 0 Å². The monoisotopic (exact) mass is 358 g/mol. The van der Waals surface area contributed by atoms with Gasteiger partial charge in [0.05, 0.1) is 10.7 Å². The standard InChI is InChI=1S/C22H34N2S/c1-2-3-4-5-6-7-8-9-11-19-13-15-20(16-14-19)21-18-25-22(24-21)12-10-17-23/h13-16,18H,2-12,17,23H2,1H3. The Balaban J connectivity index is 1.68. The van der Waals surface area contributed by atoms with Crippen LogP contribution in [0.3, 0.4) is 0 Å². The summed E-state index contributed by atoms with van der Waals surface area (Å²) in [5, 5.41) is 3.36. The minimum Gasteiger partial charge on any atom is -0.330 e. The Morgan fingerprint density at radius 2 is 1.52 bits per heavy atom. The number of aryl methyl sites for hydroxylation is 2. The van der Waals surface area contributed by atoms with Gasteiger partial charge in [0, 0.05) is 17.4 Å². The van der Waals surface area contributed by atoms with Crippen LogP contribution in [0.4, 0.5) is 0 Å². The number of nitrogens with two attached hydrogens (primary N) is 1. The lowest BCUT2D eigenvalue weighted by Crippen LogP contribution is -1.99. The molecule has 0 unspecified atom stereocenters. The zero-order chi connectivity index (χ0) is 17.7. The highest BCUT2D eigenvalue weighted by Crippen LogP contribution is 2.23. The molecule has 0 saturated heterocycles. The third-order valence-corrected chi connectivity index (χ3v) is 5.62. The van der Waals surface area contributed by atoms with Crippen LogP contribution < -0.4 is 5.73 Å². The molecule has 0 amide bonds. The van der Waals surface area contributed by atoms with E-state index in [9.17, 15) is 0 Å². The number of unbranched alkanes of at least 4 members (excludes halogenated alkanes) is 7. The van der Waals surface area contributed by atoms with Crippen LogP contribution in [0, 0.1) is 0 Å². The highest BCUT2D eigenvalue weighted by Gasteiger charge is 2.04. The number of nitrogens with zero attached hydrogens (tertiary/aromatic N) is 1. The molecule has 0 bridgehead atoms. The molecule has 2 nitrogen and oxygen atoms in total. The fourth-order valence-electron chi connectivity index (χ4n) is 3.12. The Kier molecular flexibility index (Phi) is 9.83. The van der Waals surface area contributed by atoms with Gasteiger partial charge in [-0.05, 0) is 31.4 Å². The zero-order valence-corrected chi connectivity index (χ0v) is 16.6. The molecule has 0 aliphatic carbocycles. The first-order valence-corrected chi connectivity index (χ1v) is 10.9. The van der Waals surface area contributed by atoms with E-state index in [4.69, 9.17) is 10.7 Å². The van der Waals surface area contributed by atoms with Crippen molar-refractivity contribution in [1.29, 1.82) is 0 Å². The second kappa shape index (κ2) is 12.2. The molecule has 2 N–H and O–H groups in total. The maximum absolute atomic E-state index is 5.57. The summed E-state index contributed by atoms with van der Waals surface area (Å²) in [6.07, 6.45) is 14.3. The summed E-state index contributed by atoms with van der Waals surface area (Å²) in [7, 11) is 0. The highest BCUT2D eigenvalue weighted by molar-refractivity contribution is 7.09. The van der Waals surface area contributed by atoms with Gasteiger partial charge in [-0.15, -0.1) is 11.3 Å². The first kappa shape index (κ1) is 20.1. The number of benzene rings is 1. The Labute approximate surface area is 157 Å². The number of hydrogen-bond acceptors (Lipinski definition) is 3.